The Kier molecular flexibility index (Phi) is 4.13. The summed E-state index contributed by atoms with van der Waals surface area (Å²) in [6.07, 6.45) is 6.90. The van der Waals surface area contributed by atoms with Crippen LogP contribution in [-0.2, 0) is 12.8 Å². The van der Waals surface area contributed by atoms with Gasteiger partial charge in [0.15, 0.2) is 5.82 Å². The third-order valence-electron chi connectivity index (χ3n) is 4.20. The number of aromatic nitrogens is 5. The number of anilines is 2. The fourth-order valence-electron chi connectivity index (χ4n) is 3.02. The maximum atomic E-state index is 6.34. The van der Waals surface area contributed by atoms with Crippen LogP contribution < -0.4 is 5.32 Å². The number of aryl methyl sites for hydroxylation is 1. The average molecular weight is 341 g/mol. The van der Waals surface area contributed by atoms with E-state index >= 15 is 0 Å². The molecule has 1 aliphatic rings. The van der Waals surface area contributed by atoms with Crippen LogP contribution in [0.2, 0.25) is 5.02 Å². The summed E-state index contributed by atoms with van der Waals surface area (Å²) >= 11 is 6.34. The molecule has 24 heavy (non-hydrogen) atoms. The molecule has 3 aromatic rings. The zero-order valence-electron chi connectivity index (χ0n) is 13.1. The van der Waals surface area contributed by atoms with Gasteiger partial charge < -0.3 is 5.32 Å². The lowest BCUT2D eigenvalue weighted by molar-refractivity contribution is 0.709. The van der Waals surface area contributed by atoms with Gasteiger partial charge in [-0.15, -0.1) is 0 Å². The van der Waals surface area contributed by atoms with Gasteiger partial charge in [0.25, 0.3) is 0 Å². The van der Waals surface area contributed by atoms with Gasteiger partial charge >= 0.3 is 0 Å². The molecule has 1 aliphatic carbocycles. The maximum Gasteiger partial charge on any atom is 0.224 e. The van der Waals surface area contributed by atoms with Gasteiger partial charge in [0, 0.05) is 16.8 Å². The quantitative estimate of drug-likeness (QED) is 0.706. The number of halogens is 1. The fourth-order valence-corrected chi connectivity index (χ4v) is 3.24. The van der Waals surface area contributed by atoms with Crippen molar-refractivity contribution in [2.75, 3.05) is 5.32 Å². The number of nitrogens with zero attached hydrogens (tertiary/aromatic N) is 4. The van der Waals surface area contributed by atoms with Crippen LogP contribution in [0.4, 0.5) is 11.8 Å². The highest BCUT2D eigenvalue weighted by Crippen LogP contribution is 2.31. The number of rotatable bonds is 3. The van der Waals surface area contributed by atoms with Crippen LogP contribution in [0, 0.1) is 0 Å². The molecule has 0 spiro atoms. The molecule has 0 amide bonds. The van der Waals surface area contributed by atoms with Crippen LogP contribution in [0.5, 0.6) is 0 Å². The predicted molar refractivity (Wildman–Crippen MR) is 93.4 cm³/mol. The van der Waals surface area contributed by atoms with E-state index in [2.05, 4.69) is 20.5 Å². The largest absolute Gasteiger partial charge is 0.309 e. The van der Waals surface area contributed by atoms with Gasteiger partial charge in [-0.05, 0) is 37.8 Å². The molecule has 0 saturated carbocycles. The Morgan fingerprint density at radius 2 is 1.92 bits per heavy atom. The van der Waals surface area contributed by atoms with Gasteiger partial charge in [0.05, 0.1) is 5.02 Å². The van der Waals surface area contributed by atoms with E-state index in [1.807, 2.05) is 24.3 Å². The molecule has 0 radical (unpaired) electrons. The van der Waals surface area contributed by atoms with E-state index in [-0.39, 0.29) is 0 Å². The molecular formula is C17H17ClN6. The molecule has 2 aromatic heterocycles. The summed E-state index contributed by atoms with van der Waals surface area (Å²) in [6.45, 7) is 0. The first-order valence-corrected chi connectivity index (χ1v) is 8.46. The molecule has 0 unspecified atom stereocenters. The van der Waals surface area contributed by atoms with Crippen molar-refractivity contribution < 1.29 is 0 Å². The second-order valence-electron chi connectivity index (χ2n) is 5.82. The van der Waals surface area contributed by atoms with Crippen molar-refractivity contribution in [3.05, 3.63) is 46.9 Å². The van der Waals surface area contributed by atoms with E-state index in [0.29, 0.717) is 16.8 Å². The first-order valence-electron chi connectivity index (χ1n) is 8.08. The van der Waals surface area contributed by atoms with E-state index in [1.165, 1.54) is 18.3 Å². The molecule has 2 N–H and O–H groups in total. The van der Waals surface area contributed by atoms with Gasteiger partial charge in [-0.2, -0.15) is 10.1 Å². The molecule has 0 aliphatic heterocycles. The fraction of sp³-hybridized carbons (Fsp3) is 0.294. The number of nitrogens with one attached hydrogen (secondary N) is 2. The Labute approximate surface area is 144 Å². The van der Waals surface area contributed by atoms with E-state index in [4.69, 9.17) is 21.6 Å². The van der Waals surface area contributed by atoms with Crippen LogP contribution in [0.3, 0.4) is 0 Å². The number of aromatic amines is 1. The molecular weight excluding hydrogens is 324 g/mol. The molecule has 0 saturated heterocycles. The third-order valence-corrected chi connectivity index (χ3v) is 4.53. The molecule has 2 heterocycles. The molecule has 1 aromatic carbocycles. The van der Waals surface area contributed by atoms with Crippen LogP contribution in [-0.4, -0.2) is 25.1 Å². The summed E-state index contributed by atoms with van der Waals surface area (Å²) in [6, 6.07) is 7.65. The van der Waals surface area contributed by atoms with Gasteiger partial charge in [0.1, 0.15) is 12.1 Å². The number of fused-ring (bicyclic) bond motifs is 1. The zero-order valence-corrected chi connectivity index (χ0v) is 13.8. The van der Waals surface area contributed by atoms with Crippen molar-refractivity contribution in [2.45, 2.75) is 32.1 Å². The van der Waals surface area contributed by atoms with E-state index in [1.54, 1.807) is 0 Å². The summed E-state index contributed by atoms with van der Waals surface area (Å²) < 4.78 is 0. The number of hydrogen-bond acceptors (Lipinski definition) is 5. The van der Waals surface area contributed by atoms with Crippen molar-refractivity contribution in [3.8, 4) is 11.4 Å². The average Bonchev–Trinajstić information content (AvgIpc) is 2.98. The summed E-state index contributed by atoms with van der Waals surface area (Å²) in [4.78, 5) is 13.7. The highest BCUT2D eigenvalue weighted by Gasteiger charge is 2.19. The Hall–Kier alpha value is -2.47. The molecule has 4 rings (SSSR count). The highest BCUT2D eigenvalue weighted by atomic mass is 35.5. The Morgan fingerprint density at radius 1 is 1.04 bits per heavy atom. The topological polar surface area (TPSA) is 79.4 Å². The standard InChI is InChI=1S/C17H17ClN6/c18-13-8-5-4-6-11(13)15-21-14-9-3-1-2-7-12(14)16(22-15)23-17-19-10-20-24-17/h4-6,8,10H,1-3,7,9H2,(H2,19,20,21,22,23,24). The van der Waals surface area contributed by atoms with Gasteiger partial charge in [-0.1, -0.05) is 30.2 Å². The Bertz CT molecular complexity index is 846. The van der Waals surface area contributed by atoms with Crippen molar-refractivity contribution in [3.63, 3.8) is 0 Å². The molecule has 7 heteroatoms. The number of H-pyrrole nitrogens is 1. The van der Waals surface area contributed by atoms with Crippen LogP contribution in [0.1, 0.15) is 30.5 Å². The third kappa shape index (κ3) is 2.97. The van der Waals surface area contributed by atoms with Crippen molar-refractivity contribution >= 4 is 23.4 Å². The predicted octanol–water partition coefficient (Wildman–Crippen LogP) is 3.93. The maximum absolute atomic E-state index is 6.34. The number of hydrogen-bond donors (Lipinski definition) is 2. The Morgan fingerprint density at radius 3 is 2.75 bits per heavy atom. The second-order valence-corrected chi connectivity index (χ2v) is 6.23. The monoisotopic (exact) mass is 340 g/mol. The zero-order chi connectivity index (χ0) is 16.4. The molecule has 0 fully saturated rings. The Balaban J connectivity index is 1.84. The summed E-state index contributed by atoms with van der Waals surface area (Å²) in [5.74, 6) is 2.00. The number of benzene rings is 1. The molecule has 0 atom stereocenters. The van der Waals surface area contributed by atoms with Gasteiger partial charge in [-0.25, -0.2) is 15.1 Å². The smallest absolute Gasteiger partial charge is 0.224 e. The van der Waals surface area contributed by atoms with Crippen LogP contribution >= 0.6 is 11.6 Å². The summed E-state index contributed by atoms with van der Waals surface area (Å²) in [5, 5.41) is 10.6. The summed E-state index contributed by atoms with van der Waals surface area (Å²) in [7, 11) is 0. The molecule has 6 nitrogen and oxygen atoms in total. The van der Waals surface area contributed by atoms with Gasteiger partial charge in [0.2, 0.25) is 5.95 Å². The van der Waals surface area contributed by atoms with Crippen LogP contribution in [0.25, 0.3) is 11.4 Å². The first kappa shape index (κ1) is 15.1. The minimum absolute atomic E-state index is 0.574. The lowest BCUT2D eigenvalue weighted by Gasteiger charge is -2.14. The van der Waals surface area contributed by atoms with Gasteiger partial charge in [-0.3, -0.25) is 0 Å². The van der Waals surface area contributed by atoms with Crippen molar-refractivity contribution in [1.82, 2.24) is 25.1 Å². The second kappa shape index (κ2) is 6.57. The SMILES string of the molecule is Clc1ccccc1-c1nc2c(c(Nc3ncn[nH]3)n1)CCCCC2. The summed E-state index contributed by atoms with van der Waals surface area (Å²) in [5.41, 5.74) is 3.10. The van der Waals surface area contributed by atoms with E-state index in [9.17, 15) is 0 Å². The lowest BCUT2D eigenvalue weighted by Crippen LogP contribution is -2.08. The highest BCUT2D eigenvalue weighted by molar-refractivity contribution is 6.33. The van der Waals surface area contributed by atoms with E-state index in [0.717, 1.165) is 42.8 Å². The lowest BCUT2D eigenvalue weighted by atomic mass is 10.1. The first-order chi connectivity index (χ1) is 11.8. The molecule has 122 valence electrons. The van der Waals surface area contributed by atoms with E-state index < -0.39 is 0 Å². The van der Waals surface area contributed by atoms with Crippen molar-refractivity contribution in [2.24, 2.45) is 0 Å². The minimum atomic E-state index is 0.574. The normalized spacial score (nSPS) is 14.0. The van der Waals surface area contributed by atoms with Crippen molar-refractivity contribution in [1.29, 1.82) is 0 Å². The molecule has 0 bridgehead atoms. The minimum Gasteiger partial charge on any atom is -0.309 e. The van der Waals surface area contributed by atoms with Crippen LogP contribution in [0.15, 0.2) is 30.6 Å².